The number of nitrogens with one attached hydrogen (secondary N) is 2. The third-order valence-corrected chi connectivity index (χ3v) is 18.3. The molecule has 2 spiro atoms. The summed E-state index contributed by atoms with van der Waals surface area (Å²) in [6, 6.07) is 17.2. The standard InChI is InChI=1S/C18H24N4O.C17H25N5O.C17H21N3OS.C7H15NO.CH5N/c1-13-19-6-16(7-20-13)22-11-18(12-22)9-21(10-18)15-4-17(5-15)2-14(3-17)8-23;1-21-11-6-7-12(21)10-22(9-11)15(17(19)20)8-14(18)13-4-2-3-5-16(13)23;1-12-16(22-11-19-12)14-7-5-13(6-8-14)10-18-17(21)15-4-3-9-20(15)2;1-7(2,3)6(5-9)8-4;1-2/h6-8,14-15H,2-5,9-12H2,1H3;2-5,8,11-12,23H,6-7,9-10,18-20H2,1H3;5-8,11,15H,3-4,9-10H2,1-2H3,(H,18,21);5-6,8H,1-4H3;2H2,1H3/b;14-8-;;;. The van der Waals surface area contributed by atoms with Gasteiger partial charge in [-0.15, -0.1) is 11.3 Å². The lowest BCUT2D eigenvalue weighted by molar-refractivity contribution is -0.149. The van der Waals surface area contributed by atoms with Gasteiger partial charge in [0.15, 0.2) is 0 Å². The number of hydrogen-bond donors (Lipinski definition) is 7. The highest BCUT2D eigenvalue weighted by atomic mass is 32.1. The van der Waals surface area contributed by atoms with E-state index in [0.717, 1.165) is 105 Å². The molecular weight excluding hydrogens is 1010 g/mol. The second-order valence-electron chi connectivity index (χ2n) is 24.1. The third-order valence-electron chi connectivity index (χ3n) is 17.3. The quantitative estimate of drug-likeness (QED) is 0.0688. The maximum absolute atomic E-state index is 12.2. The number of benzene rings is 2. The number of carbonyl (C=O) groups is 3. The van der Waals surface area contributed by atoms with E-state index in [2.05, 4.69) is 87.1 Å². The maximum Gasteiger partial charge on any atom is 0.237 e. The van der Waals surface area contributed by atoms with Gasteiger partial charge in [-0.3, -0.25) is 19.5 Å². The van der Waals surface area contributed by atoms with Gasteiger partial charge in [-0.05, 0) is 140 Å². The monoisotopic (exact) mass is 1100 g/mol. The van der Waals surface area contributed by atoms with Crippen molar-refractivity contribution in [3.05, 3.63) is 107 Å². The van der Waals surface area contributed by atoms with Crippen LogP contribution >= 0.6 is 11.3 Å². The van der Waals surface area contributed by atoms with Gasteiger partial charge in [0.05, 0.1) is 51.9 Å². The van der Waals surface area contributed by atoms with Gasteiger partial charge in [-0.25, -0.2) is 15.0 Å². The van der Waals surface area contributed by atoms with Crippen LogP contribution in [0.4, 0.5) is 5.69 Å². The number of nitrogens with zero attached hydrogens (tertiary/aromatic N) is 8. The van der Waals surface area contributed by atoms with Crippen LogP contribution in [0.3, 0.4) is 0 Å². The minimum Gasteiger partial charge on any atom is -0.507 e. The number of nitrogens with two attached hydrogens (primary N) is 4. The Morgan fingerprint density at radius 1 is 0.861 bits per heavy atom. The maximum atomic E-state index is 12.2. The van der Waals surface area contributed by atoms with Gasteiger partial charge in [0, 0.05) is 86.5 Å². The summed E-state index contributed by atoms with van der Waals surface area (Å²) in [6.07, 6.45) is 17.2. The summed E-state index contributed by atoms with van der Waals surface area (Å²) in [5.41, 5.74) is 31.8. The van der Waals surface area contributed by atoms with Crippen molar-refractivity contribution in [2.75, 3.05) is 78.9 Å². The number of para-hydroxylation sites is 1. The molecule has 2 aliphatic carbocycles. The number of anilines is 1. The number of amides is 1. The minimum absolute atomic E-state index is 0.0301. The molecule has 11 rings (SSSR count). The molecule has 4 unspecified atom stereocenters. The van der Waals surface area contributed by atoms with E-state index in [1.807, 2.05) is 65.6 Å². The first-order chi connectivity index (χ1) is 37.7. The number of thiazole rings is 1. The highest BCUT2D eigenvalue weighted by molar-refractivity contribution is 7.13. The van der Waals surface area contributed by atoms with Crippen LogP contribution in [-0.2, 0) is 20.9 Å². The lowest BCUT2D eigenvalue weighted by atomic mass is 9.49. The smallest absolute Gasteiger partial charge is 0.237 e. The molecule has 5 aliphatic heterocycles. The number of aromatic nitrogens is 3. The molecule has 2 saturated carbocycles. The molecule has 11 N–H and O–H groups in total. The Kier molecular flexibility index (Phi) is 20.4. The van der Waals surface area contributed by atoms with Gasteiger partial charge in [0.2, 0.25) is 5.91 Å². The molecule has 19 heteroatoms. The SMILES string of the molecule is CN.CN1C2CCC1CN(C(/C=C(\N)c1ccccc1O)=C(N)N)C2.CNC(C=O)C(C)(C)C.Cc1ncc(N2CC3(C2)CN(C2CC4(CC(C=O)C4)C2)C3)cn1.Cc1ncsc1-c1ccc(CNC(=O)C2CCCN2C)cc1. The Balaban J connectivity index is 0.000000157. The number of aryl methyl sites for hydroxylation is 2. The molecule has 2 aromatic carbocycles. The molecular formula is C60H90N14O4S. The molecule has 2 aromatic heterocycles. The number of phenols is 1. The second kappa shape index (κ2) is 26.5. The van der Waals surface area contributed by atoms with Crippen molar-refractivity contribution in [1.29, 1.82) is 0 Å². The first-order valence-electron chi connectivity index (χ1n) is 28.1. The number of carbonyl (C=O) groups excluding carboxylic acids is 3. The Labute approximate surface area is 473 Å². The zero-order chi connectivity index (χ0) is 57.2. The second-order valence-corrected chi connectivity index (χ2v) is 25.0. The van der Waals surface area contributed by atoms with Crippen molar-refractivity contribution in [2.45, 2.75) is 123 Å². The fourth-order valence-electron chi connectivity index (χ4n) is 12.7. The number of fused-ring (bicyclic) bond motifs is 2. The molecule has 7 heterocycles. The van der Waals surface area contributed by atoms with Gasteiger partial charge in [0.25, 0.3) is 0 Å². The van der Waals surface area contributed by atoms with E-state index in [-0.39, 0.29) is 35.0 Å². The molecule has 18 nitrogen and oxygen atoms in total. The summed E-state index contributed by atoms with van der Waals surface area (Å²) in [4.78, 5) is 59.2. The van der Waals surface area contributed by atoms with E-state index < -0.39 is 0 Å². The van der Waals surface area contributed by atoms with Crippen LogP contribution in [-0.4, -0.2) is 162 Å². The predicted octanol–water partition coefficient (Wildman–Crippen LogP) is 5.44. The van der Waals surface area contributed by atoms with Gasteiger partial charge in [0.1, 0.15) is 30.0 Å². The first-order valence-corrected chi connectivity index (χ1v) is 29.0. The molecule has 1 amide bonds. The average molecular weight is 1100 g/mol. The highest BCUT2D eigenvalue weighted by Crippen LogP contribution is 2.61. The number of aldehydes is 2. The largest absolute Gasteiger partial charge is 0.507 e. The van der Waals surface area contributed by atoms with Crippen LogP contribution in [0, 0.1) is 36.0 Å². The summed E-state index contributed by atoms with van der Waals surface area (Å²) in [6.45, 7) is 18.3. The van der Waals surface area contributed by atoms with Crippen molar-refractivity contribution >= 4 is 41.2 Å². The molecule has 430 valence electrons. The first kappa shape index (κ1) is 60.7. The van der Waals surface area contributed by atoms with Crippen molar-refractivity contribution in [1.82, 2.24) is 45.2 Å². The minimum atomic E-state index is -0.0301. The Bertz CT molecular complexity index is 2680. The number of allylic oxidation sites excluding steroid dienone is 1. The van der Waals surface area contributed by atoms with Gasteiger partial charge in [-0.2, -0.15) is 0 Å². The summed E-state index contributed by atoms with van der Waals surface area (Å²) in [5, 5.41) is 15.9. The molecule has 5 saturated heterocycles. The van der Waals surface area contributed by atoms with Crippen LogP contribution in [0.25, 0.3) is 16.1 Å². The Hall–Kier alpha value is -5.96. The van der Waals surface area contributed by atoms with Crippen molar-refractivity contribution in [3.8, 4) is 16.2 Å². The fraction of sp³-hybridized carbons (Fsp3) is 0.567. The van der Waals surface area contributed by atoms with Gasteiger partial charge in [-0.1, -0.05) is 57.2 Å². The number of phenolic OH excluding ortho intramolecular Hbond substituents is 1. The molecule has 79 heavy (non-hydrogen) atoms. The number of aromatic hydroxyl groups is 1. The van der Waals surface area contributed by atoms with E-state index in [1.54, 1.807) is 42.7 Å². The van der Waals surface area contributed by atoms with E-state index >= 15 is 0 Å². The Morgan fingerprint density at radius 2 is 1.49 bits per heavy atom. The molecule has 7 fully saturated rings. The van der Waals surface area contributed by atoms with E-state index in [0.29, 0.717) is 46.6 Å². The topological polar surface area (TPSA) is 254 Å². The molecule has 4 aromatic rings. The van der Waals surface area contributed by atoms with E-state index in [4.69, 9.17) is 17.2 Å². The van der Waals surface area contributed by atoms with Crippen LogP contribution in [0.1, 0.15) is 94.8 Å². The van der Waals surface area contributed by atoms with E-state index in [1.165, 1.54) is 56.3 Å². The van der Waals surface area contributed by atoms with Crippen LogP contribution < -0.4 is 38.5 Å². The third kappa shape index (κ3) is 14.7. The number of likely N-dealkylation sites (tertiary alicyclic amines) is 3. The lowest BCUT2D eigenvalue weighted by Crippen LogP contribution is -2.75. The van der Waals surface area contributed by atoms with Crippen LogP contribution in [0.5, 0.6) is 5.75 Å². The molecule has 2 bridgehead atoms. The van der Waals surface area contributed by atoms with Crippen molar-refractivity contribution in [3.63, 3.8) is 0 Å². The number of likely N-dealkylation sites (N-methyl/N-ethyl adjacent to an activating group) is 3. The van der Waals surface area contributed by atoms with E-state index in [9.17, 15) is 19.5 Å². The zero-order valence-electron chi connectivity index (χ0n) is 48.3. The number of hydrogen-bond acceptors (Lipinski definition) is 18. The highest BCUT2D eigenvalue weighted by Gasteiger charge is 2.59. The van der Waals surface area contributed by atoms with Crippen LogP contribution in [0.15, 0.2) is 84.0 Å². The molecule has 7 aliphatic rings. The zero-order valence-corrected chi connectivity index (χ0v) is 49.1. The van der Waals surface area contributed by atoms with Crippen LogP contribution in [0.2, 0.25) is 0 Å². The Morgan fingerprint density at radius 3 is 2.00 bits per heavy atom. The van der Waals surface area contributed by atoms with Gasteiger partial charge < -0.3 is 58.1 Å². The fourth-order valence-corrected chi connectivity index (χ4v) is 13.5. The summed E-state index contributed by atoms with van der Waals surface area (Å²) in [5.74, 6) is 1.76. The lowest BCUT2D eigenvalue weighted by Gasteiger charge is -2.67. The number of rotatable bonds is 12. The molecule has 4 atom stereocenters. The summed E-state index contributed by atoms with van der Waals surface area (Å²) < 4.78 is 0. The molecule has 0 radical (unpaired) electrons. The summed E-state index contributed by atoms with van der Waals surface area (Å²) >= 11 is 1.66. The van der Waals surface area contributed by atoms with Crippen molar-refractivity contribution < 1.29 is 19.5 Å². The number of piperazine rings is 1. The normalized spacial score (nSPS) is 25.1. The van der Waals surface area contributed by atoms with Gasteiger partial charge >= 0.3 is 0 Å². The average Bonchev–Trinajstić information content (AvgIpc) is 4.21. The van der Waals surface area contributed by atoms with Crippen molar-refractivity contribution in [2.24, 2.45) is 45.1 Å². The summed E-state index contributed by atoms with van der Waals surface area (Å²) in [7, 11) is 7.49. The predicted molar refractivity (Wildman–Crippen MR) is 317 cm³/mol.